The Bertz CT molecular complexity index is 574. The summed E-state index contributed by atoms with van der Waals surface area (Å²) in [7, 11) is 4.06. The first-order valence-electron chi connectivity index (χ1n) is 9.60. The first-order valence-corrected chi connectivity index (χ1v) is 9.60. The number of nitrogens with one attached hydrogen (secondary N) is 2. The minimum absolute atomic E-state index is 0. The Kier molecular flexibility index (Phi) is 8.63. The summed E-state index contributed by atoms with van der Waals surface area (Å²) in [6.07, 6.45) is 2.52. The molecule has 6 heteroatoms. The lowest BCUT2D eigenvalue weighted by molar-refractivity contribution is 0.269. The third-order valence-corrected chi connectivity index (χ3v) is 5.36. The molecule has 2 aliphatic rings. The molecule has 0 amide bonds. The minimum atomic E-state index is 0. The molecular formula is C20H34IN5. The van der Waals surface area contributed by atoms with Crippen LogP contribution in [0.1, 0.15) is 30.9 Å². The number of hydrogen-bond acceptors (Lipinski definition) is 3. The maximum atomic E-state index is 4.31. The first-order chi connectivity index (χ1) is 12.1. The molecule has 0 aromatic heterocycles. The SMILES string of the molecule is CN=C(NCc1ccc(CN2CCCN(C)CC2)cc1)NC1CC1C.I. The summed E-state index contributed by atoms with van der Waals surface area (Å²) in [5.74, 6) is 1.68. The van der Waals surface area contributed by atoms with E-state index in [2.05, 4.69) is 63.7 Å². The van der Waals surface area contributed by atoms with Gasteiger partial charge in [-0.15, -0.1) is 24.0 Å². The van der Waals surface area contributed by atoms with E-state index in [0.717, 1.165) is 25.0 Å². The van der Waals surface area contributed by atoms with Gasteiger partial charge in [0.05, 0.1) is 0 Å². The topological polar surface area (TPSA) is 42.9 Å². The second-order valence-electron chi connectivity index (χ2n) is 7.64. The molecule has 2 N–H and O–H groups in total. The molecule has 0 bridgehead atoms. The fourth-order valence-corrected chi connectivity index (χ4v) is 3.36. The van der Waals surface area contributed by atoms with Crippen molar-refractivity contribution in [2.45, 2.75) is 38.9 Å². The van der Waals surface area contributed by atoms with Crippen molar-refractivity contribution in [2.24, 2.45) is 10.9 Å². The third-order valence-electron chi connectivity index (χ3n) is 5.36. The van der Waals surface area contributed by atoms with Gasteiger partial charge in [0.1, 0.15) is 0 Å². The Labute approximate surface area is 175 Å². The molecule has 146 valence electrons. The molecule has 5 nitrogen and oxygen atoms in total. The summed E-state index contributed by atoms with van der Waals surface area (Å²) < 4.78 is 0. The van der Waals surface area contributed by atoms with Gasteiger partial charge in [-0.2, -0.15) is 0 Å². The summed E-state index contributed by atoms with van der Waals surface area (Å²) in [4.78, 5) is 9.31. The summed E-state index contributed by atoms with van der Waals surface area (Å²) in [6, 6.07) is 9.61. The van der Waals surface area contributed by atoms with Gasteiger partial charge in [-0.3, -0.25) is 9.89 Å². The van der Waals surface area contributed by atoms with Gasteiger partial charge >= 0.3 is 0 Å². The van der Waals surface area contributed by atoms with Crippen molar-refractivity contribution in [3.63, 3.8) is 0 Å². The van der Waals surface area contributed by atoms with Gasteiger partial charge in [-0.1, -0.05) is 31.2 Å². The molecule has 1 heterocycles. The molecule has 0 spiro atoms. The highest BCUT2D eigenvalue weighted by molar-refractivity contribution is 14.0. The van der Waals surface area contributed by atoms with Gasteiger partial charge in [0.2, 0.25) is 0 Å². The Morgan fingerprint density at radius 3 is 2.46 bits per heavy atom. The summed E-state index contributed by atoms with van der Waals surface area (Å²) in [5.41, 5.74) is 2.70. The van der Waals surface area contributed by atoms with Gasteiger partial charge in [0.25, 0.3) is 0 Å². The van der Waals surface area contributed by atoms with E-state index in [0.29, 0.717) is 6.04 Å². The van der Waals surface area contributed by atoms with Gasteiger partial charge < -0.3 is 15.5 Å². The van der Waals surface area contributed by atoms with Crippen molar-refractivity contribution in [2.75, 3.05) is 40.3 Å². The molecule has 0 radical (unpaired) electrons. The number of benzene rings is 1. The molecule has 2 atom stereocenters. The van der Waals surface area contributed by atoms with Crippen LogP contribution in [0.2, 0.25) is 0 Å². The molecule has 2 unspecified atom stereocenters. The van der Waals surface area contributed by atoms with E-state index >= 15 is 0 Å². The Hall–Kier alpha value is -0.860. The zero-order chi connectivity index (χ0) is 17.6. The van der Waals surface area contributed by atoms with Crippen LogP contribution in [0.15, 0.2) is 29.3 Å². The number of likely N-dealkylation sites (N-methyl/N-ethyl adjacent to an activating group) is 1. The van der Waals surface area contributed by atoms with Gasteiger partial charge in [0, 0.05) is 39.3 Å². The maximum Gasteiger partial charge on any atom is 0.191 e. The van der Waals surface area contributed by atoms with Crippen LogP contribution in [0.4, 0.5) is 0 Å². The van der Waals surface area contributed by atoms with Gasteiger partial charge in [-0.25, -0.2) is 0 Å². The molecular weight excluding hydrogens is 437 g/mol. The van der Waals surface area contributed by atoms with Crippen molar-refractivity contribution in [3.05, 3.63) is 35.4 Å². The van der Waals surface area contributed by atoms with Crippen molar-refractivity contribution < 1.29 is 0 Å². The normalized spacial score (nSPS) is 24.5. The number of halogens is 1. The van der Waals surface area contributed by atoms with Crippen LogP contribution in [-0.4, -0.2) is 62.1 Å². The second kappa shape index (κ2) is 10.5. The van der Waals surface area contributed by atoms with Gasteiger partial charge in [0.15, 0.2) is 5.96 Å². The summed E-state index contributed by atoms with van der Waals surface area (Å²) in [5, 5.41) is 6.88. The number of rotatable bonds is 5. The number of aliphatic imine (C=N–C) groups is 1. The molecule has 1 saturated heterocycles. The van der Waals surface area contributed by atoms with E-state index in [-0.39, 0.29) is 24.0 Å². The second-order valence-corrected chi connectivity index (χ2v) is 7.64. The lowest BCUT2D eigenvalue weighted by atomic mass is 10.1. The maximum absolute atomic E-state index is 4.31. The third kappa shape index (κ3) is 6.70. The van der Waals surface area contributed by atoms with Crippen LogP contribution in [0.25, 0.3) is 0 Å². The number of hydrogen-bond donors (Lipinski definition) is 2. The average molecular weight is 471 g/mol. The largest absolute Gasteiger partial charge is 0.353 e. The van der Waals surface area contributed by atoms with Crippen molar-refractivity contribution in [1.29, 1.82) is 0 Å². The molecule has 3 rings (SSSR count). The first kappa shape index (κ1) is 21.4. The predicted octanol–water partition coefficient (Wildman–Crippen LogP) is 2.52. The summed E-state index contributed by atoms with van der Waals surface area (Å²) in [6.45, 7) is 8.91. The Morgan fingerprint density at radius 1 is 1.12 bits per heavy atom. The monoisotopic (exact) mass is 471 g/mol. The van der Waals surface area contributed by atoms with E-state index in [1.807, 2.05) is 7.05 Å². The highest BCUT2D eigenvalue weighted by Crippen LogP contribution is 2.28. The van der Waals surface area contributed by atoms with Crippen molar-refractivity contribution in [1.82, 2.24) is 20.4 Å². The predicted molar refractivity (Wildman–Crippen MR) is 120 cm³/mol. The summed E-state index contributed by atoms with van der Waals surface area (Å²) >= 11 is 0. The number of nitrogens with zero attached hydrogens (tertiary/aromatic N) is 3. The van der Waals surface area contributed by atoms with E-state index in [1.54, 1.807) is 0 Å². The van der Waals surface area contributed by atoms with Crippen molar-refractivity contribution >= 4 is 29.9 Å². The Balaban J connectivity index is 0.00000243. The van der Waals surface area contributed by atoms with Crippen LogP contribution in [-0.2, 0) is 13.1 Å². The fraction of sp³-hybridized carbons (Fsp3) is 0.650. The zero-order valence-electron chi connectivity index (χ0n) is 16.4. The van der Waals surface area contributed by atoms with E-state index in [4.69, 9.17) is 0 Å². The molecule has 2 fully saturated rings. The van der Waals surface area contributed by atoms with Crippen LogP contribution in [0, 0.1) is 5.92 Å². The van der Waals surface area contributed by atoms with Crippen LogP contribution in [0.5, 0.6) is 0 Å². The Morgan fingerprint density at radius 2 is 1.81 bits per heavy atom. The highest BCUT2D eigenvalue weighted by Gasteiger charge is 2.33. The smallest absolute Gasteiger partial charge is 0.191 e. The molecule has 1 aliphatic carbocycles. The van der Waals surface area contributed by atoms with E-state index < -0.39 is 0 Å². The van der Waals surface area contributed by atoms with Crippen LogP contribution in [0.3, 0.4) is 0 Å². The standard InChI is InChI=1S/C20H33N5.HI/c1-16-13-19(16)23-20(21-2)22-14-17-5-7-18(8-6-17)15-25-10-4-9-24(3)11-12-25;/h5-8,16,19H,4,9-15H2,1-3H3,(H2,21,22,23);1H. The number of guanidine groups is 1. The highest BCUT2D eigenvalue weighted by atomic mass is 127. The van der Waals surface area contributed by atoms with Crippen molar-refractivity contribution in [3.8, 4) is 0 Å². The quantitative estimate of drug-likeness (QED) is 0.394. The van der Waals surface area contributed by atoms with E-state index in [1.165, 1.54) is 50.1 Å². The molecule has 26 heavy (non-hydrogen) atoms. The lowest BCUT2D eigenvalue weighted by Crippen LogP contribution is -2.38. The molecule has 1 aromatic rings. The lowest BCUT2D eigenvalue weighted by Gasteiger charge is -2.20. The average Bonchev–Trinajstić information content (AvgIpc) is 3.35. The van der Waals surface area contributed by atoms with E-state index in [9.17, 15) is 0 Å². The zero-order valence-corrected chi connectivity index (χ0v) is 18.7. The molecule has 1 saturated carbocycles. The van der Waals surface area contributed by atoms with Gasteiger partial charge in [-0.05, 0) is 50.0 Å². The minimum Gasteiger partial charge on any atom is -0.353 e. The van der Waals surface area contributed by atoms with Crippen LogP contribution >= 0.6 is 24.0 Å². The van der Waals surface area contributed by atoms with Crippen LogP contribution < -0.4 is 10.6 Å². The fourth-order valence-electron chi connectivity index (χ4n) is 3.36. The molecule has 1 aliphatic heterocycles. The molecule has 1 aromatic carbocycles.